The summed E-state index contributed by atoms with van der Waals surface area (Å²) in [6, 6.07) is 11.8. The smallest absolute Gasteiger partial charge is 0.220 e. The lowest BCUT2D eigenvalue weighted by Crippen LogP contribution is -2.38. The van der Waals surface area contributed by atoms with Crippen molar-refractivity contribution in [3.63, 3.8) is 0 Å². The van der Waals surface area contributed by atoms with Crippen molar-refractivity contribution in [2.75, 3.05) is 6.54 Å². The maximum atomic E-state index is 11.9. The fraction of sp³-hybridized carbons (Fsp3) is 0.350. The van der Waals surface area contributed by atoms with Gasteiger partial charge in [-0.2, -0.15) is 0 Å². The zero-order chi connectivity index (χ0) is 17.6. The number of aliphatic hydroxyl groups is 1. The third-order valence-corrected chi connectivity index (χ3v) is 3.90. The van der Waals surface area contributed by atoms with Crippen molar-refractivity contribution in [3.8, 4) is 0 Å². The van der Waals surface area contributed by atoms with Crippen LogP contribution in [0.2, 0.25) is 0 Å². The Labute approximate surface area is 143 Å². The number of furan rings is 1. The molecule has 0 spiro atoms. The van der Waals surface area contributed by atoms with Crippen LogP contribution in [0.1, 0.15) is 42.4 Å². The van der Waals surface area contributed by atoms with E-state index in [1.54, 1.807) is 6.92 Å². The first-order valence-corrected chi connectivity index (χ1v) is 8.16. The number of rotatable bonds is 7. The van der Waals surface area contributed by atoms with Gasteiger partial charge in [0.05, 0.1) is 6.54 Å². The van der Waals surface area contributed by atoms with Crippen molar-refractivity contribution in [1.29, 1.82) is 0 Å². The van der Waals surface area contributed by atoms with E-state index in [-0.39, 0.29) is 12.5 Å². The summed E-state index contributed by atoms with van der Waals surface area (Å²) in [5, 5.41) is 13.4. The summed E-state index contributed by atoms with van der Waals surface area (Å²) in [5.74, 6) is 1.35. The average Bonchev–Trinajstić information content (AvgIpc) is 2.90. The first-order valence-electron chi connectivity index (χ1n) is 8.16. The van der Waals surface area contributed by atoms with E-state index in [9.17, 15) is 9.90 Å². The molecule has 2 N–H and O–H groups in total. The lowest BCUT2D eigenvalue weighted by atomic mass is 9.96. The summed E-state index contributed by atoms with van der Waals surface area (Å²) in [6.45, 7) is 5.49. The average molecular weight is 327 g/mol. The molecular weight excluding hydrogens is 302 g/mol. The van der Waals surface area contributed by atoms with E-state index in [1.165, 1.54) is 0 Å². The fourth-order valence-corrected chi connectivity index (χ4v) is 2.62. The summed E-state index contributed by atoms with van der Waals surface area (Å²) in [7, 11) is 0. The van der Waals surface area contributed by atoms with Crippen molar-refractivity contribution in [1.82, 2.24) is 5.32 Å². The molecule has 4 heteroatoms. The van der Waals surface area contributed by atoms with Crippen LogP contribution in [0.15, 0.2) is 46.9 Å². The van der Waals surface area contributed by atoms with Crippen LogP contribution in [0.5, 0.6) is 0 Å². The van der Waals surface area contributed by atoms with Gasteiger partial charge in [-0.05, 0) is 38.8 Å². The number of nitrogens with one attached hydrogen (secondary N) is 1. The minimum absolute atomic E-state index is 0.0779. The van der Waals surface area contributed by atoms with Crippen molar-refractivity contribution in [2.24, 2.45) is 0 Å². The molecule has 0 bridgehead atoms. The third kappa shape index (κ3) is 5.10. The third-order valence-electron chi connectivity index (χ3n) is 3.90. The molecule has 1 amide bonds. The summed E-state index contributed by atoms with van der Waals surface area (Å²) >= 11 is 0. The zero-order valence-corrected chi connectivity index (χ0v) is 14.5. The molecular formula is C20H25NO3. The van der Waals surface area contributed by atoms with Gasteiger partial charge in [0, 0.05) is 12.0 Å². The number of benzene rings is 1. The van der Waals surface area contributed by atoms with Gasteiger partial charge >= 0.3 is 0 Å². The van der Waals surface area contributed by atoms with Crippen LogP contribution < -0.4 is 5.32 Å². The molecule has 128 valence electrons. The van der Waals surface area contributed by atoms with Crippen LogP contribution >= 0.6 is 0 Å². The molecule has 2 rings (SSSR count). The minimum atomic E-state index is -1.14. The molecule has 1 aromatic carbocycles. The number of aryl methyl sites for hydroxylation is 2. The summed E-state index contributed by atoms with van der Waals surface area (Å²) in [4.78, 5) is 11.9. The molecule has 0 radical (unpaired) electrons. The van der Waals surface area contributed by atoms with Crippen molar-refractivity contribution in [3.05, 3.63) is 65.1 Å². The van der Waals surface area contributed by atoms with Gasteiger partial charge in [0.2, 0.25) is 5.91 Å². The van der Waals surface area contributed by atoms with Gasteiger partial charge in [0.15, 0.2) is 0 Å². The molecule has 0 saturated carbocycles. The first kappa shape index (κ1) is 18.0. The normalized spacial score (nSPS) is 13.8. The monoisotopic (exact) mass is 327 g/mol. The molecule has 4 nitrogen and oxygen atoms in total. The highest BCUT2D eigenvalue weighted by molar-refractivity contribution is 5.76. The summed E-state index contributed by atoms with van der Waals surface area (Å²) < 4.78 is 5.45. The Morgan fingerprint density at radius 2 is 2.00 bits per heavy atom. The predicted octanol–water partition coefficient (Wildman–Crippen LogP) is 3.71. The van der Waals surface area contributed by atoms with E-state index >= 15 is 0 Å². The molecule has 1 atom stereocenters. The van der Waals surface area contributed by atoms with Gasteiger partial charge in [0.25, 0.3) is 0 Å². The maximum Gasteiger partial charge on any atom is 0.220 e. The standard InChI is InChI=1S/C20H25NO3/c1-15-13-18(16(2)24-15)20(3,23)14-21-19(22)12-8-7-11-17-9-5-4-6-10-17/h4-7,9-11,13,23H,8,12,14H2,1-3H3,(H,21,22). The Hall–Kier alpha value is -2.33. The van der Waals surface area contributed by atoms with E-state index in [0.29, 0.717) is 24.2 Å². The highest BCUT2D eigenvalue weighted by Gasteiger charge is 2.28. The Morgan fingerprint density at radius 3 is 2.62 bits per heavy atom. The van der Waals surface area contributed by atoms with Crippen LogP contribution in [0.25, 0.3) is 6.08 Å². The van der Waals surface area contributed by atoms with E-state index < -0.39 is 5.60 Å². The highest BCUT2D eigenvalue weighted by atomic mass is 16.3. The fourth-order valence-electron chi connectivity index (χ4n) is 2.62. The summed E-state index contributed by atoms with van der Waals surface area (Å²) in [6.07, 6.45) is 5.03. The van der Waals surface area contributed by atoms with Gasteiger partial charge < -0.3 is 14.8 Å². The summed E-state index contributed by atoms with van der Waals surface area (Å²) in [5.41, 5.74) is 0.688. The van der Waals surface area contributed by atoms with Crippen LogP contribution in [0.4, 0.5) is 0 Å². The van der Waals surface area contributed by atoms with Gasteiger partial charge in [0.1, 0.15) is 17.1 Å². The van der Waals surface area contributed by atoms with Gasteiger partial charge in [-0.3, -0.25) is 4.79 Å². The van der Waals surface area contributed by atoms with Crippen molar-refractivity contribution < 1.29 is 14.3 Å². The number of hydrogen-bond donors (Lipinski definition) is 2. The molecule has 0 aliphatic rings. The Kier molecular flexibility index (Phi) is 5.99. The minimum Gasteiger partial charge on any atom is -0.466 e. The van der Waals surface area contributed by atoms with Crippen LogP contribution in [-0.4, -0.2) is 17.6 Å². The molecule has 0 saturated heterocycles. The topological polar surface area (TPSA) is 62.5 Å². The molecule has 0 aliphatic heterocycles. The van der Waals surface area contributed by atoms with Gasteiger partial charge in [-0.15, -0.1) is 0 Å². The quantitative estimate of drug-likeness (QED) is 0.815. The maximum absolute atomic E-state index is 11.9. The molecule has 2 aromatic rings. The number of amides is 1. The lowest BCUT2D eigenvalue weighted by Gasteiger charge is -2.23. The first-order chi connectivity index (χ1) is 11.4. The van der Waals surface area contributed by atoms with Crippen LogP contribution in [0.3, 0.4) is 0 Å². The van der Waals surface area contributed by atoms with Gasteiger partial charge in [-0.25, -0.2) is 0 Å². The van der Waals surface area contributed by atoms with E-state index in [0.717, 1.165) is 11.3 Å². The van der Waals surface area contributed by atoms with Crippen LogP contribution in [-0.2, 0) is 10.4 Å². The van der Waals surface area contributed by atoms with Crippen LogP contribution in [0, 0.1) is 13.8 Å². The van der Waals surface area contributed by atoms with E-state index in [4.69, 9.17) is 4.42 Å². The molecule has 1 aromatic heterocycles. The second-order valence-electron chi connectivity index (χ2n) is 6.23. The number of carbonyl (C=O) groups is 1. The largest absolute Gasteiger partial charge is 0.466 e. The molecule has 1 heterocycles. The Bertz CT molecular complexity index is 699. The van der Waals surface area contributed by atoms with Crippen molar-refractivity contribution >= 4 is 12.0 Å². The van der Waals surface area contributed by atoms with E-state index in [2.05, 4.69) is 5.32 Å². The Balaban J connectivity index is 1.78. The number of allylic oxidation sites excluding steroid dienone is 1. The molecule has 24 heavy (non-hydrogen) atoms. The van der Waals surface area contributed by atoms with Crippen molar-refractivity contribution in [2.45, 2.75) is 39.2 Å². The SMILES string of the molecule is Cc1cc(C(C)(O)CNC(=O)CCC=Cc2ccccc2)c(C)o1. The molecule has 0 aliphatic carbocycles. The second kappa shape index (κ2) is 7.97. The Morgan fingerprint density at radius 1 is 1.29 bits per heavy atom. The molecule has 1 unspecified atom stereocenters. The number of hydrogen-bond acceptors (Lipinski definition) is 3. The molecule has 0 fully saturated rings. The van der Waals surface area contributed by atoms with Gasteiger partial charge in [-0.1, -0.05) is 42.5 Å². The highest BCUT2D eigenvalue weighted by Crippen LogP contribution is 2.26. The van der Waals surface area contributed by atoms with E-state index in [1.807, 2.05) is 62.4 Å². The zero-order valence-electron chi connectivity index (χ0n) is 14.5. The number of carbonyl (C=O) groups excluding carboxylic acids is 1. The second-order valence-corrected chi connectivity index (χ2v) is 6.23. The predicted molar refractivity (Wildman–Crippen MR) is 95.5 cm³/mol. The lowest BCUT2D eigenvalue weighted by molar-refractivity contribution is -0.122.